The SMILES string of the molecule is COc1ccc(CN2CCN(C3CCNC3)CC2)c(OC)c1. The largest absolute Gasteiger partial charge is 0.497 e. The van der Waals surface area contributed by atoms with E-state index < -0.39 is 0 Å². The summed E-state index contributed by atoms with van der Waals surface area (Å²) in [4.78, 5) is 5.16. The fourth-order valence-corrected chi connectivity index (χ4v) is 3.46. The van der Waals surface area contributed by atoms with Crippen molar-refractivity contribution < 1.29 is 9.47 Å². The predicted molar refractivity (Wildman–Crippen MR) is 87.7 cm³/mol. The van der Waals surface area contributed by atoms with E-state index in [2.05, 4.69) is 21.2 Å². The van der Waals surface area contributed by atoms with Gasteiger partial charge in [-0.25, -0.2) is 0 Å². The maximum Gasteiger partial charge on any atom is 0.127 e. The van der Waals surface area contributed by atoms with Crippen LogP contribution in [0, 0.1) is 0 Å². The lowest BCUT2D eigenvalue weighted by Gasteiger charge is -2.38. The second kappa shape index (κ2) is 7.31. The van der Waals surface area contributed by atoms with Crippen molar-refractivity contribution in [3.05, 3.63) is 23.8 Å². The maximum absolute atomic E-state index is 5.51. The first-order chi connectivity index (χ1) is 10.8. The summed E-state index contributed by atoms with van der Waals surface area (Å²) >= 11 is 0. The average molecular weight is 305 g/mol. The summed E-state index contributed by atoms with van der Waals surface area (Å²) < 4.78 is 10.8. The summed E-state index contributed by atoms with van der Waals surface area (Å²) in [5.74, 6) is 1.76. The lowest BCUT2D eigenvalue weighted by Crippen LogP contribution is -2.50. The van der Waals surface area contributed by atoms with Gasteiger partial charge in [-0.15, -0.1) is 0 Å². The molecule has 5 heteroatoms. The van der Waals surface area contributed by atoms with E-state index in [0.29, 0.717) is 0 Å². The van der Waals surface area contributed by atoms with E-state index in [0.717, 1.165) is 43.7 Å². The average Bonchev–Trinajstić information content (AvgIpc) is 3.10. The van der Waals surface area contributed by atoms with Crippen molar-refractivity contribution in [2.75, 3.05) is 53.5 Å². The molecule has 122 valence electrons. The Hall–Kier alpha value is -1.30. The quantitative estimate of drug-likeness (QED) is 0.884. The molecule has 0 aliphatic carbocycles. The van der Waals surface area contributed by atoms with E-state index >= 15 is 0 Å². The third-order valence-electron chi connectivity index (χ3n) is 4.85. The molecule has 3 rings (SSSR count). The van der Waals surface area contributed by atoms with Crippen LogP contribution >= 0.6 is 0 Å². The number of nitrogens with one attached hydrogen (secondary N) is 1. The summed E-state index contributed by atoms with van der Waals surface area (Å²) in [6, 6.07) is 6.84. The highest BCUT2D eigenvalue weighted by Gasteiger charge is 2.26. The number of rotatable bonds is 5. The fraction of sp³-hybridized carbons (Fsp3) is 0.647. The van der Waals surface area contributed by atoms with Gasteiger partial charge in [0.15, 0.2) is 0 Å². The zero-order valence-corrected chi connectivity index (χ0v) is 13.7. The Morgan fingerprint density at radius 3 is 2.59 bits per heavy atom. The first kappa shape index (κ1) is 15.6. The Bertz CT molecular complexity index is 481. The molecule has 1 unspecified atom stereocenters. The standard InChI is InChI=1S/C17H27N3O2/c1-21-16-4-3-14(17(11-16)22-2)13-19-7-9-20(10-8-19)15-5-6-18-12-15/h3-4,11,15,18H,5-10,12-13H2,1-2H3. The first-order valence-electron chi connectivity index (χ1n) is 8.18. The molecule has 0 bridgehead atoms. The van der Waals surface area contributed by atoms with Crippen LogP contribution in [0.2, 0.25) is 0 Å². The Kier molecular flexibility index (Phi) is 5.18. The van der Waals surface area contributed by atoms with Gasteiger partial charge in [0.1, 0.15) is 11.5 Å². The molecule has 2 saturated heterocycles. The molecule has 0 spiro atoms. The monoisotopic (exact) mass is 305 g/mol. The molecular weight excluding hydrogens is 278 g/mol. The highest BCUT2D eigenvalue weighted by atomic mass is 16.5. The molecule has 0 amide bonds. The topological polar surface area (TPSA) is 37.0 Å². The maximum atomic E-state index is 5.51. The van der Waals surface area contributed by atoms with Crippen LogP contribution in [0.5, 0.6) is 11.5 Å². The van der Waals surface area contributed by atoms with E-state index in [1.807, 2.05) is 12.1 Å². The van der Waals surface area contributed by atoms with Crippen LogP contribution in [0.1, 0.15) is 12.0 Å². The molecule has 5 nitrogen and oxygen atoms in total. The van der Waals surface area contributed by atoms with Crippen molar-refractivity contribution in [1.29, 1.82) is 0 Å². The van der Waals surface area contributed by atoms with Crippen LogP contribution in [0.15, 0.2) is 18.2 Å². The molecule has 2 aliphatic heterocycles. The van der Waals surface area contributed by atoms with Crippen LogP contribution in [0.3, 0.4) is 0 Å². The molecular formula is C17H27N3O2. The van der Waals surface area contributed by atoms with E-state index in [1.54, 1.807) is 14.2 Å². The number of hydrogen-bond acceptors (Lipinski definition) is 5. The summed E-state index contributed by atoms with van der Waals surface area (Å²) in [6.07, 6.45) is 1.30. The molecule has 2 fully saturated rings. The highest BCUT2D eigenvalue weighted by Crippen LogP contribution is 2.26. The second-order valence-corrected chi connectivity index (χ2v) is 6.14. The fourth-order valence-electron chi connectivity index (χ4n) is 3.46. The normalized spacial score (nSPS) is 23.6. The summed E-state index contributed by atoms with van der Waals surface area (Å²) in [5, 5.41) is 3.46. The zero-order chi connectivity index (χ0) is 15.4. The van der Waals surface area contributed by atoms with E-state index in [9.17, 15) is 0 Å². The van der Waals surface area contributed by atoms with Crippen LogP contribution in [-0.2, 0) is 6.54 Å². The summed E-state index contributed by atoms with van der Waals surface area (Å²) in [6.45, 7) is 7.89. The molecule has 1 N–H and O–H groups in total. The molecule has 0 saturated carbocycles. The Balaban J connectivity index is 1.56. The first-order valence-corrected chi connectivity index (χ1v) is 8.18. The van der Waals surface area contributed by atoms with Crippen LogP contribution in [0.25, 0.3) is 0 Å². The number of piperazine rings is 1. The third kappa shape index (κ3) is 3.54. The van der Waals surface area contributed by atoms with Gasteiger partial charge >= 0.3 is 0 Å². The Morgan fingerprint density at radius 2 is 1.95 bits per heavy atom. The molecule has 2 aliphatic rings. The zero-order valence-electron chi connectivity index (χ0n) is 13.7. The van der Waals surface area contributed by atoms with Crippen molar-refractivity contribution >= 4 is 0 Å². The molecule has 0 aromatic heterocycles. The minimum absolute atomic E-state index is 0.748. The second-order valence-electron chi connectivity index (χ2n) is 6.14. The van der Waals surface area contributed by atoms with Crippen LogP contribution in [0.4, 0.5) is 0 Å². The van der Waals surface area contributed by atoms with Gasteiger partial charge in [-0.1, -0.05) is 6.07 Å². The van der Waals surface area contributed by atoms with Crippen molar-refractivity contribution in [1.82, 2.24) is 15.1 Å². The Labute approximate surface area is 133 Å². The summed E-state index contributed by atoms with van der Waals surface area (Å²) in [7, 11) is 3.41. The van der Waals surface area contributed by atoms with Gasteiger partial charge in [0.2, 0.25) is 0 Å². The van der Waals surface area contributed by atoms with Crippen molar-refractivity contribution in [2.24, 2.45) is 0 Å². The summed E-state index contributed by atoms with van der Waals surface area (Å²) in [5.41, 5.74) is 1.24. The van der Waals surface area contributed by atoms with Gasteiger partial charge < -0.3 is 14.8 Å². The van der Waals surface area contributed by atoms with E-state index in [4.69, 9.17) is 9.47 Å². The van der Waals surface area contributed by atoms with Gasteiger partial charge in [-0.3, -0.25) is 9.80 Å². The molecule has 22 heavy (non-hydrogen) atoms. The van der Waals surface area contributed by atoms with Crippen molar-refractivity contribution in [2.45, 2.75) is 19.0 Å². The molecule has 1 atom stereocenters. The molecule has 1 aromatic rings. The predicted octanol–water partition coefficient (Wildman–Crippen LogP) is 1.18. The third-order valence-corrected chi connectivity index (χ3v) is 4.85. The van der Waals surface area contributed by atoms with E-state index in [1.165, 1.54) is 31.6 Å². The Morgan fingerprint density at radius 1 is 1.14 bits per heavy atom. The number of benzene rings is 1. The van der Waals surface area contributed by atoms with Crippen molar-refractivity contribution in [3.63, 3.8) is 0 Å². The van der Waals surface area contributed by atoms with Crippen LogP contribution in [-0.4, -0.2) is 69.3 Å². The smallest absolute Gasteiger partial charge is 0.127 e. The van der Waals surface area contributed by atoms with Gasteiger partial charge in [-0.2, -0.15) is 0 Å². The minimum atomic E-state index is 0.748. The van der Waals surface area contributed by atoms with E-state index in [-0.39, 0.29) is 0 Å². The molecule has 0 radical (unpaired) electrons. The number of methoxy groups -OCH3 is 2. The van der Waals surface area contributed by atoms with Gasteiger partial charge in [-0.05, 0) is 19.0 Å². The molecule has 2 heterocycles. The highest BCUT2D eigenvalue weighted by molar-refractivity contribution is 5.40. The lowest BCUT2D eigenvalue weighted by molar-refractivity contribution is 0.0976. The number of nitrogens with zero attached hydrogens (tertiary/aromatic N) is 2. The minimum Gasteiger partial charge on any atom is -0.497 e. The lowest BCUT2D eigenvalue weighted by atomic mass is 10.1. The molecule has 1 aromatic carbocycles. The number of hydrogen-bond donors (Lipinski definition) is 1. The van der Waals surface area contributed by atoms with Gasteiger partial charge in [0.05, 0.1) is 14.2 Å². The number of ether oxygens (including phenoxy) is 2. The van der Waals surface area contributed by atoms with Crippen molar-refractivity contribution in [3.8, 4) is 11.5 Å². The van der Waals surface area contributed by atoms with Gasteiger partial charge in [0, 0.05) is 56.9 Å². The van der Waals surface area contributed by atoms with Gasteiger partial charge in [0.25, 0.3) is 0 Å². The van der Waals surface area contributed by atoms with Crippen LogP contribution < -0.4 is 14.8 Å².